The van der Waals surface area contributed by atoms with Crippen LogP contribution in [-0.2, 0) is 0 Å². The molecular formula is C12H16NO3S+. The lowest BCUT2D eigenvalue weighted by Crippen LogP contribution is -2.27. The van der Waals surface area contributed by atoms with Crippen LogP contribution in [0.3, 0.4) is 0 Å². The molecule has 0 atom stereocenters. The molecule has 0 aromatic carbocycles. The fourth-order valence-electron chi connectivity index (χ4n) is 2.17. The molecule has 1 aliphatic rings. The Labute approximate surface area is 104 Å². The quantitative estimate of drug-likeness (QED) is 0.377. The Kier molecular flexibility index (Phi) is 3.78. The minimum absolute atomic E-state index is 0.132. The third-order valence-electron chi connectivity index (χ3n) is 3.12. The van der Waals surface area contributed by atoms with Crippen LogP contribution in [-0.4, -0.2) is 33.3 Å². The summed E-state index contributed by atoms with van der Waals surface area (Å²) in [7, 11) is 0. The smallest absolute Gasteiger partial charge is 0.337 e. The molecule has 0 spiro atoms. The van der Waals surface area contributed by atoms with E-state index in [1.165, 1.54) is 22.5 Å². The average Bonchev–Trinajstić information content (AvgIpc) is 2.78. The first-order valence-electron chi connectivity index (χ1n) is 5.81. The van der Waals surface area contributed by atoms with Crippen molar-refractivity contribution in [1.82, 2.24) is 0 Å². The number of rotatable bonds is 3. The molecule has 1 fully saturated rings. The van der Waals surface area contributed by atoms with E-state index in [2.05, 4.69) is 0 Å². The lowest BCUT2D eigenvalue weighted by Gasteiger charge is -2.14. The Bertz CT molecular complexity index is 433. The minimum Gasteiger partial charge on any atom is -0.478 e. The van der Waals surface area contributed by atoms with Crippen LogP contribution in [0.5, 0.6) is 0 Å². The van der Waals surface area contributed by atoms with Crippen LogP contribution in [0.4, 0.5) is 0 Å². The van der Waals surface area contributed by atoms with Gasteiger partial charge in [-0.05, 0) is 29.0 Å². The number of carbonyl (C=O) groups is 1. The SMILES string of the molecule is O=C(O)c1ccsc1C=[N+](O)C1CCCCC1. The van der Waals surface area contributed by atoms with E-state index in [-0.39, 0.29) is 11.6 Å². The molecule has 92 valence electrons. The molecule has 1 aromatic heterocycles. The fraction of sp³-hybridized carbons (Fsp3) is 0.500. The third kappa shape index (κ3) is 2.85. The van der Waals surface area contributed by atoms with E-state index >= 15 is 0 Å². The van der Waals surface area contributed by atoms with Gasteiger partial charge in [0.1, 0.15) is 4.88 Å². The highest BCUT2D eigenvalue weighted by Gasteiger charge is 2.25. The summed E-state index contributed by atoms with van der Waals surface area (Å²) in [6.07, 6.45) is 6.98. The van der Waals surface area contributed by atoms with Gasteiger partial charge in [-0.15, -0.1) is 11.3 Å². The number of aromatic carboxylic acids is 1. The molecule has 5 heteroatoms. The first-order chi connectivity index (χ1) is 8.18. The Morgan fingerprint density at radius 2 is 2.12 bits per heavy atom. The lowest BCUT2D eigenvalue weighted by molar-refractivity contribution is -0.797. The zero-order valence-corrected chi connectivity index (χ0v) is 10.3. The second-order valence-corrected chi connectivity index (χ2v) is 5.25. The summed E-state index contributed by atoms with van der Waals surface area (Å²) in [5, 5.41) is 20.6. The van der Waals surface area contributed by atoms with Gasteiger partial charge in [0.15, 0.2) is 0 Å². The molecule has 0 unspecified atom stereocenters. The number of nitrogens with zero attached hydrogens (tertiary/aromatic N) is 1. The Hall–Kier alpha value is -1.36. The number of hydroxylamine groups is 1. The van der Waals surface area contributed by atoms with E-state index in [1.807, 2.05) is 0 Å². The van der Waals surface area contributed by atoms with E-state index in [0.29, 0.717) is 4.88 Å². The van der Waals surface area contributed by atoms with Gasteiger partial charge in [0.25, 0.3) is 0 Å². The van der Waals surface area contributed by atoms with E-state index in [9.17, 15) is 10.0 Å². The van der Waals surface area contributed by atoms with Crippen LogP contribution in [0.2, 0.25) is 0 Å². The Morgan fingerprint density at radius 3 is 2.76 bits per heavy atom. The second kappa shape index (κ2) is 5.31. The molecule has 2 N–H and O–H groups in total. The van der Waals surface area contributed by atoms with Gasteiger partial charge in [0, 0.05) is 12.8 Å². The maximum Gasteiger partial charge on any atom is 0.337 e. The van der Waals surface area contributed by atoms with Crippen molar-refractivity contribution < 1.29 is 19.8 Å². The lowest BCUT2D eigenvalue weighted by atomic mass is 9.96. The molecule has 1 heterocycles. The van der Waals surface area contributed by atoms with Gasteiger partial charge >= 0.3 is 5.97 Å². The molecule has 4 nitrogen and oxygen atoms in total. The number of carboxylic acids is 1. The van der Waals surface area contributed by atoms with Gasteiger partial charge in [-0.1, -0.05) is 6.42 Å². The standard InChI is InChI=1S/C12H15NO3S/c14-12(15)10-6-7-17-11(10)8-13(16)9-4-2-1-3-5-9/h6-9H,1-5H2,(H-,14,15,16)/p+1. The molecule has 0 saturated heterocycles. The maximum atomic E-state index is 10.9. The zero-order chi connectivity index (χ0) is 12.3. The Morgan fingerprint density at radius 1 is 1.41 bits per heavy atom. The van der Waals surface area contributed by atoms with Crippen LogP contribution < -0.4 is 0 Å². The number of hydrogen-bond donors (Lipinski definition) is 2. The number of hydrogen-bond acceptors (Lipinski definition) is 3. The zero-order valence-electron chi connectivity index (χ0n) is 9.50. The first-order valence-corrected chi connectivity index (χ1v) is 6.69. The van der Waals surface area contributed by atoms with E-state index in [0.717, 1.165) is 25.7 Å². The van der Waals surface area contributed by atoms with Crippen molar-refractivity contribution in [3.05, 3.63) is 21.9 Å². The number of thiophene rings is 1. The molecule has 1 aliphatic carbocycles. The highest BCUT2D eigenvalue weighted by atomic mass is 32.1. The summed E-state index contributed by atoms with van der Waals surface area (Å²) in [6, 6.07) is 1.69. The molecular weight excluding hydrogens is 238 g/mol. The van der Waals surface area contributed by atoms with Crippen LogP contribution in [0.1, 0.15) is 47.3 Å². The van der Waals surface area contributed by atoms with Crippen molar-refractivity contribution in [2.75, 3.05) is 0 Å². The van der Waals surface area contributed by atoms with Gasteiger partial charge in [0.2, 0.25) is 12.3 Å². The van der Waals surface area contributed by atoms with Crippen LogP contribution in [0, 0.1) is 0 Å². The predicted octanol–water partition coefficient (Wildman–Crippen LogP) is 2.60. The average molecular weight is 254 g/mol. The summed E-state index contributed by atoms with van der Waals surface area (Å²) in [4.78, 5) is 11.5. The Balaban J connectivity index is 2.16. The predicted molar refractivity (Wildman–Crippen MR) is 65.4 cm³/mol. The van der Waals surface area contributed by atoms with Crippen LogP contribution in [0.15, 0.2) is 11.4 Å². The molecule has 1 aromatic rings. The molecule has 0 bridgehead atoms. The summed E-state index contributed by atoms with van der Waals surface area (Å²) in [6.45, 7) is 0. The summed E-state index contributed by atoms with van der Waals surface area (Å²) >= 11 is 1.33. The molecule has 1 saturated carbocycles. The summed E-state index contributed by atoms with van der Waals surface area (Å²) in [5.74, 6) is -0.949. The van der Waals surface area contributed by atoms with Crippen molar-refractivity contribution in [1.29, 1.82) is 0 Å². The van der Waals surface area contributed by atoms with Crippen LogP contribution in [0.25, 0.3) is 0 Å². The van der Waals surface area contributed by atoms with Crippen molar-refractivity contribution in [3.8, 4) is 0 Å². The third-order valence-corrected chi connectivity index (χ3v) is 3.98. The van der Waals surface area contributed by atoms with Gasteiger partial charge in [0.05, 0.1) is 5.56 Å². The summed E-state index contributed by atoms with van der Waals surface area (Å²) < 4.78 is 1.19. The second-order valence-electron chi connectivity index (χ2n) is 4.30. The largest absolute Gasteiger partial charge is 0.478 e. The topological polar surface area (TPSA) is 60.5 Å². The molecule has 0 amide bonds. The van der Waals surface area contributed by atoms with E-state index in [4.69, 9.17) is 5.11 Å². The monoisotopic (exact) mass is 254 g/mol. The van der Waals surface area contributed by atoms with Gasteiger partial charge < -0.3 is 5.11 Å². The van der Waals surface area contributed by atoms with E-state index in [1.54, 1.807) is 17.7 Å². The van der Waals surface area contributed by atoms with Crippen molar-refractivity contribution >= 4 is 23.5 Å². The molecule has 0 radical (unpaired) electrons. The highest BCUT2D eigenvalue weighted by Crippen LogP contribution is 2.20. The summed E-state index contributed by atoms with van der Waals surface area (Å²) in [5.41, 5.74) is 0.254. The highest BCUT2D eigenvalue weighted by molar-refractivity contribution is 7.12. The first kappa shape index (κ1) is 12.1. The van der Waals surface area contributed by atoms with Crippen molar-refractivity contribution in [2.45, 2.75) is 38.1 Å². The fourth-order valence-corrected chi connectivity index (χ4v) is 2.97. The van der Waals surface area contributed by atoms with Gasteiger partial charge in [-0.25, -0.2) is 4.79 Å². The molecule has 0 aliphatic heterocycles. The normalized spacial score (nSPS) is 18.2. The van der Waals surface area contributed by atoms with Crippen molar-refractivity contribution in [3.63, 3.8) is 0 Å². The van der Waals surface area contributed by atoms with E-state index < -0.39 is 5.97 Å². The molecule has 2 rings (SSSR count). The molecule has 17 heavy (non-hydrogen) atoms. The minimum atomic E-state index is -0.949. The van der Waals surface area contributed by atoms with Gasteiger partial charge in [-0.3, -0.25) is 5.21 Å². The number of carboxylic acid groups (broad SMARTS) is 1. The van der Waals surface area contributed by atoms with Crippen LogP contribution >= 0.6 is 11.3 Å². The maximum absolute atomic E-state index is 10.9. The van der Waals surface area contributed by atoms with Gasteiger partial charge in [-0.2, -0.15) is 0 Å². The van der Waals surface area contributed by atoms with Crippen molar-refractivity contribution in [2.24, 2.45) is 0 Å².